The highest BCUT2D eigenvalue weighted by molar-refractivity contribution is 14.0. The third-order valence-corrected chi connectivity index (χ3v) is 4.13. The number of benzene rings is 1. The molecule has 3 rings (SSSR count). The Balaban J connectivity index is 0.00000243. The molecule has 2 heterocycles. The largest absolute Gasteiger partial charge is 0.491 e. The molecule has 2 aliphatic rings. The molecule has 1 atom stereocenters. The van der Waals surface area contributed by atoms with Crippen LogP contribution in [0.3, 0.4) is 0 Å². The average molecular weight is 477 g/mol. The zero-order valence-corrected chi connectivity index (χ0v) is 17.6. The first-order valence-corrected chi connectivity index (χ1v) is 8.78. The predicted octanol–water partition coefficient (Wildman–Crippen LogP) is 2.74. The summed E-state index contributed by atoms with van der Waals surface area (Å²) in [4.78, 5) is 4.37. The van der Waals surface area contributed by atoms with Crippen LogP contribution in [0.25, 0.3) is 0 Å². The fraction of sp³-hybridized carbons (Fsp3) is 0.611. The van der Waals surface area contributed by atoms with Crippen LogP contribution in [-0.4, -0.2) is 50.3 Å². The van der Waals surface area contributed by atoms with Crippen LogP contribution < -0.4 is 15.8 Å². The molecule has 8 heteroatoms. The van der Waals surface area contributed by atoms with E-state index in [1.54, 1.807) is 0 Å². The van der Waals surface area contributed by atoms with Gasteiger partial charge in [-0.2, -0.15) is 0 Å². The van der Waals surface area contributed by atoms with Gasteiger partial charge in [0.15, 0.2) is 11.7 Å². The van der Waals surface area contributed by atoms with Gasteiger partial charge in [-0.05, 0) is 38.1 Å². The highest BCUT2D eigenvalue weighted by Gasteiger charge is 2.42. The van der Waals surface area contributed by atoms with Gasteiger partial charge in [-0.25, -0.2) is 0 Å². The summed E-state index contributed by atoms with van der Waals surface area (Å²) < 4.78 is 22.9. The van der Waals surface area contributed by atoms with Gasteiger partial charge in [-0.15, -0.1) is 24.0 Å². The van der Waals surface area contributed by atoms with E-state index in [0.717, 1.165) is 24.3 Å². The second-order valence-electron chi connectivity index (χ2n) is 6.62. The summed E-state index contributed by atoms with van der Waals surface area (Å²) in [5.41, 5.74) is 6.83. The third kappa shape index (κ3) is 5.97. The molecule has 0 saturated carbocycles. The number of nitrogens with zero attached hydrogens (tertiary/aromatic N) is 1. The van der Waals surface area contributed by atoms with Gasteiger partial charge in [0.1, 0.15) is 11.9 Å². The fourth-order valence-electron chi connectivity index (χ4n) is 2.93. The second kappa shape index (κ2) is 9.72. The lowest BCUT2D eigenvalue weighted by Gasteiger charge is -2.31. The number of nitrogens with two attached hydrogens (primary N) is 1. The number of guanidine groups is 1. The lowest BCUT2D eigenvalue weighted by Crippen LogP contribution is -2.38. The van der Waals surface area contributed by atoms with E-state index in [1.165, 1.54) is 0 Å². The van der Waals surface area contributed by atoms with Crippen molar-refractivity contribution in [2.24, 2.45) is 10.7 Å². The van der Waals surface area contributed by atoms with Gasteiger partial charge < -0.3 is 30.0 Å². The van der Waals surface area contributed by atoms with Gasteiger partial charge in [0.2, 0.25) is 0 Å². The lowest BCUT2D eigenvalue weighted by molar-refractivity contribution is -0.210. The van der Waals surface area contributed by atoms with Crippen LogP contribution in [0, 0.1) is 0 Å². The molecule has 1 spiro atoms. The number of ether oxygens (including phenoxy) is 4. The Kier molecular flexibility index (Phi) is 7.93. The van der Waals surface area contributed by atoms with Gasteiger partial charge in [0, 0.05) is 18.5 Å². The maximum Gasteiger partial charge on any atom is 0.193 e. The van der Waals surface area contributed by atoms with Gasteiger partial charge >= 0.3 is 0 Å². The van der Waals surface area contributed by atoms with E-state index >= 15 is 0 Å². The van der Waals surface area contributed by atoms with Gasteiger partial charge in [0.05, 0.1) is 32.5 Å². The Hall–Kier alpha value is -1.10. The average Bonchev–Trinajstić information content (AvgIpc) is 2.97. The van der Waals surface area contributed by atoms with Crippen molar-refractivity contribution < 1.29 is 18.9 Å². The monoisotopic (exact) mass is 477 g/mol. The number of halogens is 1. The normalized spacial score (nSPS) is 22.3. The summed E-state index contributed by atoms with van der Waals surface area (Å²) in [6.07, 6.45) is 1.62. The minimum absolute atomic E-state index is 0. The van der Waals surface area contributed by atoms with E-state index in [-0.39, 0.29) is 36.2 Å². The quantitative estimate of drug-likeness (QED) is 0.386. The number of rotatable bonds is 5. The number of anilines is 1. The Morgan fingerprint density at radius 1 is 1.31 bits per heavy atom. The molecule has 1 unspecified atom stereocenters. The van der Waals surface area contributed by atoms with Crippen LogP contribution in [0.2, 0.25) is 0 Å². The molecule has 146 valence electrons. The molecule has 2 aliphatic heterocycles. The molecular formula is C18H28IN3O4. The van der Waals surface area contributed by atoms with E-state index in [2.05, 4.69) is 10.3 Å². The number of hydrogen-bond donors (Lipinski definition) is 2. The van der Waals surface area contributed by atoms with Crippen LogP contribution in [0.4, 0.5) is 5.69 Å². The van der Waals surface area contributed by atoms with Gasteiger partial charge in [-0.1, -0.05) is 0 Å². The Bertz CT molecular complexity index is 589. The van der Waals surface area contributed by atoms with E-state index in [1.807, 2.05) is 38.1 Å². The zero-order chi connectivity index (χ0) is 17.7. The number of aliphatic imine (C=N–C) groups is 1. The van der Waals surface area contributed by atoms with Crippen molar-refractivity contribution in [2.45, 2.75) is 44.7 Å². The highest BCUT2D eigenvalue weighted by atomic mass is 127. The maximum atomic E-state index is 6.03. The molecule has 0 aliphatic carbocycles. The Morgan fingerprint density at radius 3 is 2.65 bits per heavy atom. The summed E-state index contributed by atoms with van der Waals surface area (Å²) in [6, 6.07) is 7.62. The minimum atomic E-state index is -0.479. The van der Waals surface area contributed by atoms with E-state index in [9.17, 15) is 0 Å². The molecule has 0 bridgehead atoms. The third-order valence-electron chi connectivity index (χ3n) is 4.13. The molecule has 7 nitrogen and oxygen atoms in total. The van der Waals surface area contributed by atoms with Crippen molar-refractivity contribution in [1.82, 2.24) is 0 Å². The van der Waals surface area contributed by atoms with Gasteiger partial charge in [-0.3, -0.25) is 4.99 Å². The van der Waals surface area contributed by atoms with Crippen molar-refractivity contribution in [2.75, 3.05) is 31.7 Å². The van der Waals surface area contributed by atoms with Crippen molar-refractivity contribution in [3.8, 4) is 5.75 Å². The topological polar surface area (TPSA) is 87.3 Å². The first-order chi connectivity index (χ1) is 12.0. The van der Waals surface area contributed by atoms with Crippen LogP contribution >= 0.6 is 24.0 Å². The van der Waals surface area contributed by atoms with E-state index in [0.29, 0.717) is 32.3 Å². The molecule has 0 amide bonds. The molecule has 0 aromatic heterocycles. The Labute approximate surface area is 171 Å². The SMILES string of the molecule is CC(C)Oc1ccc(NC(N)=NCC2COC3(CCOCC3)O2)cc1.I. The first kappa shape index (κ1) is 21.2. The standard InChI is InChI=1S/C18H27N3O4.HI/c1-13(2)24-15-5-3-14(4-6-15)21-17(19)20-11-16-12-23-18(25-16)7-9-22-10-8-18;/h3-6,13,16H,7-12H2,1-2H3,(H3,19,20,21);1H. The van der Waals surface area contributed by atoms with Crippen molar-refractivity contribution in [3.05, 3.63) is 24.3 Å². The van der Waals surface area contributed by atoms with Gasteiger partial charge in [0.25, 0.3) is 0 Å². The predicted molar refractivity (Wildman–Crippen MR) is 111 cm³/mol. The second-order valence-corrected chi connectivity index (χ2v) is 6.62. The van der Waals surface area contributed by atoms with E-state index < -0.39 is 5.79 Å². The van der Waals surface area contributed by atoms with Crippen molar-refractivity contribution in [3.63, 3.8) is 0 Å². The summed E-state index contributed by atoms with van der Waals surface area (Å²) >= 11 is 0. The molecule has 1 aromatic carbocycles. The van der Waals surface area contributed by atoms with Crippen molar-refractivity contribution in [1.29, 1.82) is 0 Å². The molecule has 0 radical (unpaired) electrons. The van der Waals surface area contributed by atoms with Crippen LogP contribution in [0.1, 0.15) is 26.7 Å². The number of hydrogen-bond acceptors (Lipinski definition) is 5. The molecule has 26 heavy (non-hydrogen) atoms. The molecule has 1 aromatic rings. The molecular weight excluding hydrogens is 449 g/mol. The van der Waals surface area contributed by atoms with Crippen LogP contribution in [0.5, 0.6) is 5.75 Å². The van der Waals surface area contributed by atoms with Crippen LogP contribution in [0.15, 0.2) is 29.3 Å². The maximum absolute atomic E-state index is 6.03. The van der Waals surface area contributed by atoms with E-state index in [4.69, 9.17) is 24.7 Å². The van der Waals surface area contributed by atoms with Crippen molar-refractivity contribution >= 4 is 35.6 Å². The molecule has 2 fully saturated rings. The Morgan fingerprint density at radius 2 is 2.00 bits per heavy atom. The first-order valence-electron chi connectivity index (χ1n) is 8.78. The fourth-order valence-corrected chi connectivity index (χ4v) is 2.93. The summed E-state index contributed by atoms with van der Waals surface area (Å²) in [5, 5.41) is 3.07. The summed E-state index contributed by atoms with van der Waals surface area (Å²) in [7, 11) is 0. The lowest BCUT2D eigenvalue weighted by atomic mass is 10.1. The smallest absolute Gasteiger partial charge is 0.193 e. The van der Waals surface area contributed by atoms with Crippen LogP contribution in [-0.2, 0) is 14.2 Å². The summed E-state index contributed by atoms with van der Waals surface area (Å²) in [5.74, 6) is 0.704. The highest BCUT2D eigenvalue weighted by Crippen LogP contribution is 2.33. The number of nitrogens with one attached hydrogen (secondary N) is 1. The minimum Gasteiger partial charge on any atom is -0.491 e. The molecule has 2 saturated heterocycles. The summed E-state index contributed by atoms with van der Waals surface area (Å²) in [6.45, 7) is 6.35. The molecule has 3 N–H and O–H groups in total. The zero-order valence-electron chi connectivity index (χ0n) is 15.3.